The van der Waals surface area contributed by atoms with Gasteiger partial charge in [-0.05, 0) is 50.0 Å². The molecular formula is C20H22N2O2. The molecule has 0 saturated heterocycles. The Hall–Kier alpha value is -2.59. The molecule has 0 aliphatic carbocycles. The van der Waals surface area contributed by atoms with E-state index in [2.05, 4.69) is 5.32 Å². The van der Waals surface area contributed by atoms with Gasteiger partial charge in [-0.1, -0.05) is 36.4 Å². The summed E-state index contributed by atoms with van der Waals surface area (Å²) < 4.78 is 5.72. The molecule has 0 aliphatic heterocycles. The summed E-state index contributed by atoms with van der Waals surface area (Å²) in [5.74, 6) is 1.66. The first-order valence-electron chi connectivity index (χ1n) is 8.05. The van der Waals surface area contributed by atoms with E-state index in [1.807, 2.05) is 80.5 Å². The Morgan fingerprint density at radius 1 is 1.08 bits per heavy atom. The highest BCUT2D eigenvalue weighted by Gasteiger charge is 2.19. The van der Waals surface area contributed by atoms with Crippen LogP contribution >= 0.6 is 0 Å². The number of hydrogen-bond donors (Lipinski definition) is 1. The van der Waals surface area contributed by atoms with Crippen LogP contribution in [0.15, 0.2) is 59.0 Å². The molecule has 0 radical (unpaired) electrons. The SMILES string of the molecule is Cc1ccc([C@H](CNC(=O)c2cccc3ccccc23)N(C)C)o1. The van der Waals surface area contributed by atoms with Crippen LogP contribution in [0.3, 0.4) is 0 Å². The van der Waals surface area contributed by atoms with Crippen LogP contribution < -0.4 is 5.32 Å². The fraction of sp³-hybridized carbons (Fsp3) is 0.250. The molecule has 4 heteroatoms. The molecule has 1 heterocycles. The summed E-state index contributed by atoms with van der Waals surface area (Å²) in [6, 6.07) is 17.6. The highest BCUT2D eigenvalue weighted by atomic mass is 16.3. The van der Waals surface area contributed by atoms with Crippen LogP contribution in [-0.4, -0.2) is 31.4 Å². The molecule has 1 atom stereocenters. The molecule has 1 N–H and O–H groups in total. The minimum Gasteiger partial charge on any atom is -0.465 e. The summed E-state index contributed by atoms with van der Waals surface area (Å²) in [4.78, 5) is 14.7. The van der Waals surface area contributed by atoms with Gasteiger partial charge in [0.1, 0.15) is 11.5 Å². The number of amides is 1. The van der Waals surface area contributed by atoms with Gasteiger partial charge in [-0.15, -0.1) is 0 Å². The van der Waals surface area contributed by atoms with Crippen molar-refractivity contribution in [1.29, 1.82) is 0 Å². The molecular weight excluding hydrogens is 300 g/mol. The van der Waals surface area contributed by atoms with Gasteiger partial charge in [0.25, 0.3) is 5.91 Å². The third kappa shape index (κ3) is 3.34. The molecule has 124 valence electrons. The normalized spacial score (nSPS) is 12.5. The first kappa shape index (κ1) is 16.3. The van der Waals surface area contributed by atoms with Gasteiger partial charge in [-0.3, -0.25) is 9.69 Å². The Morgan fingerprint density at radius 3 is 2.54 bits per heavy atom. The standard InChI is InChI=1S/C20H22N2O2/c1-14-11-12-19(24-14)18(22(2)3)13-21-20(23)17-10-6-8-15-7-4-5-9-16(15)17/h4-12,18H,13H2,1-3H3,(H,21,23)/t18-/m0/s1. The zero-order chi connectivity index (χ0) is 17.1. The summed E-state index contributed by atoms with van der Waals surface area (Å²) in [6.07, 6.45) is 0. The van der Waals surface area contributed by atoms with Crippen LogP contribution in [-0.2, 0) is 0 Å². The van der Waals surface area contributed by atoms with Crippen LogP contribution in [0, 0.1) is 6.92 Å². The predicted molar refractivity (Wildman–Crippen MR) is 96.2 cm³/mol. The number of aryl methyl sites for hydroxylation is 1. The number of hydrogen-bond acceptors (Lipinski definition) is 3. The number of fused-ring (bicyclic) bond motifs is 1. The third-order valence-corrected chi connectivity index (χ3v) is 4.20. The summed E-state index contributed by atoms with van der Waals surface area (Å²) in [6.45, 7) is 2.41. The maximum atomic E-state index is 12.7. The number of rotatable bonds is 5. The Balaban J connectivity index is 1.78. The lowest BCUT2D eigenvalue weighted by Crippen LogP contribution is -2.34. The Bertz CT molecular complexity index is 846. The Labute approximate surface area is 142 Å². The fourth-order valence-electron chi connectivity index (χ4n) is 2.88. The van der Waals surface area contributed by atoms with E-state index in [0.29, 0.717) is 12.1 Å². The highest BCUT2D eigenvalue weighted by molar-refractivity contribution is 6.07. The van der Waals surface area contributed by atoms with Gasteiger partial charge in [-0.25, -0.2) is 0 Å². The zero-order valence-electron chi connectivity index (χ0n) is 14.2. The van der Waals surface area contributed by atoms with Crippen molar-refractivity contribution in [2.45, 2.75) is 13.0 Å². The average molecular weight is 322 g/mol. The molecule has 0 unspecified atom stereocenters. The second-order valence-electron chi connectivity index (χ2n) is 6.16. The smallest absolute Gasteiger partial charge is 0.251 e. The maximum Gasteiger partial charge on any atom is 0.251 e. The predicted octanol–water partition coefficient (Wildman–Crippen LogP) is 3.77. The van der Waals surface area contributed by atoms with E-state index in [1.165, 1.54) is 0 Å². The number of nitrogens with one attached hydrogen (secondary N) is 1. The molecule has 0 aliphatic rings. The lowest BCUT2D eigenvalue weighted by atomic mass is 10.0. The molecule has 0 fully saturated rings. The lowest BCUT2D eigenvalue weighted by Gasteiger charge is -2.22. The first-order chi connectivity index (χ1) is 11.6. The molecule has 0 spiro atoms. The minimum atomic E-state index is -0.0677. The van der Waals surface area contributed by atoms with Gasteiger partial charge in [0.2, 0.25) is 0 Å². The van der Waals surface area contributed by atoms with Gasteiger partial charge in [0, 0.05) is 12.1 Å². The fourth-order valence-corrected chi connectivity index (χ4v) is 2.88. The zero-order valence-corrected chi connectivity index (χ0v) is 14.2. The van der Waals surface area contributed by atoms with E-state index in [1.54, 1.807) is 0 Å². The molecule has 1 amide bonds. The lowest BCUT2D eigenvalue weighted by molar-refractivity contribution is 0.0940. The Morgan fingerprint density at radius 2 is 1.83 bits per heavy atom. The van der Waals surface area contributed by atoms with E-state index in [0.717, 1.165) is 22.3 Å². The number of carbonyl (C=O) groups excluding carboxylic acids is 1. The van der Waals surface area contributed by atoms with Crippen LogP contribution in [0.4, 0.5) is 0 Å². The van der Waals surface area contributed by atoms with Crippen LogP contribution in [0.5, 0.6) is 0 Å². The number of benzene rings is 2. The molecule has 0 saturated carbocycles. The number of likely N-dealkylation sites (N-methyl/N-ethyl adjacent to an activating group) is 1. The largest absolute Gasteiger partial charge is 0.465 e. The van der Waals surface area contributed by atoms with Crippen molar-refractivity contribution in [2.24, 2.45) is 0 Å². The molecule has 3 rings (SSSR count). The van der Waals surface area contributed by atoms with Gasteiger partial charge in [0.05, 0.1) is 6.04 Å². The second kappa shape index (κ2) is 6.89. The van der Waals surface area contributed by atoms with Crippen molar-refractivity contribution >= 4 is 16.7 Å². The monoisotopic (exact) mass is 322 g/mol. The van der Waals surface area contributed by atoms with Gasteiger partial charge in [-0.2, -0.15) is 0 Å². The molecule has 0 bridgehead atoms. The van der Waals surface area contributed by atoms with Crippen molar-refractivity contribution in [3.05, 3.63) is 71.7 Å². The minimum absolute atomic E-state index is 0.00220. The molecule has 3 aromatic rings. The van der Waals surface area contributed by atoms with Gasteiger partial charge in [0.15, 0.2) is 0 Å². The van der Waals surface area contributed by atoms with Crippen LogP contribution in [0.2, 0.25) is 0 Å². The number of carbonyl (C=O) groups is 1. The second-order valence-corrected chi connectivity index (χ2v) is 6.16. The molecule has 24 heavy (non-hydrogen) atoms. The van der Waals surface area contributed by atoms with Crippen molar-refractivity contribution in [3.8, 4) is 0 Å². The van der Waals surface area contributed by atoms with Crippen molar-refractivity contribution in [3.63, 3.8) is 0 Å². The molecule has 4 nitrogen and oxygen atoms in total. The average Bonchev–Trinajstić information content (AvgIpc) is 3.00. The van der Waals surface area contributed by atoms with Crippen molar-refractivity contribution in [1.82, 2.24) is 10.2 Å². The van der Waals surface area contributed by atoms with E-state index in [-0.39, 0.29) is 11.9 Å². The topological polar surface area (TPSA) is 45.5 Å². The molecule has 1 aromatic heterocycles. The number of furan rings is 1. The third-order valence-electron chi connectivity index (χ3n) is 4.20. The van der Waals surface area contributed by atoms with E-state index >= 15 is 0 Å². The quantitative estimate of drug-likeness (QED) is 0.777. The van der Waals surface area contributed by atoms with Crippen LogP contribution in [0.25, 0.3) is 10.8 Å². The van der Waals surface area contributed by atoms with Crippen LogP contribution in [0.1, 0.15) is 27.9 Å². The van der Waals surface area contributed by atoms with E-state index in [4.69, 9.17) is 4.42 Å². The summed E-state index contributed by atoms with van der Waals surface area (Å²) >= 11 is 0. The summed E-state index contributed by atoms with van der Waals surface area (Å²) in [7, 11) is 3.96. The van der Waals surface area contributed by atoms with Crippen molar-refractivity contribution in [2.75, 3.05) is 20.6 Å². The summed E-state index contributed by atoms with van der Waals surface area (Å²) in [5, 5.41) is 5.07. The summed E-state index contributed by atoms with van der Waals surface area (Å²) in [5.41, 5.74) is 0.696. The molecule has 2 aromatic carbocycles. The Kier molecular flexibility index (Phi) is 4.67. The highest BCUT2D eigenvalue weighted by Crippen LogP contribution is 2.21. The van der Waals surface area contributed by atoms with Gasteiger partial charge < -0.3 is 9.73 Å². The van der Waals surface area contributed by atoms with Gasteiger partial charge >= 0.3 is 0 Å². The maximum absolute atomic E-state index is 12.7. The number of nitrogens with zero attached hydrogens (tertiary/aromatic N) is 1. The van der Waals surface area contributed by atoms with E-state index in [9.17, 15) is 4.79 Å². The van der Waals surface area contributed by atoms with Crippen molar-refractivity contribution < 1.29 is 9.21 Å². The van der Waals surface area contributed by atoms with E-state index < -0.39 is 0 Å². The first-order valence-corrected chi connectivity index (χ1v) is 8.05.